The van der Waals surface area contributed by atoms with Crippen molar-refractivity contribution in [3.8, 4) is 16.3 Å². The van der Waals surface area contributed by atoms with Crippen LogP contribution in [0.3, 0.4) is 0 Å². The van der Waals surface area contributed by atoms with Crippen molar-refractivity contribution in [2.45, 2.75) is 19.9 Å². The van der Waals surface area contributed by atoms with Crippen molar-refractivity contribution in [3.63, 3.8) is 0 Å². The zero-order valence-electron chi connectivity index (χ0n) is 20.4. The largest absolute Gasteiger partial charge is 0.503 e. The van der Waals surface area contributed by atoms with Crippen LogP contribution < -0.4 is 9.64 Å². The first-order valence-corrected chi connectivity index (χ1v) is 14.4. The molecule has 0 saturated carbocycles. The highest BCUT2D eigenvalue weighted by atomic mass is 32.1. The fraction of sp³-hybridized carbons (Fsp3) is 0.143. The van der Waals surface area contributed by atoms with Crippen LogP contribution in [0.1, 0.15) is 33.2 Å². The van der Waals surface area contributed by atoms with Gasteiger partial charge in [0.1, 0.15) is 16.8 Å². The summed E-state index contributed by atoms with van der Waals surface area (Å²) in [5.41, 5.74) is 2.20. The summed E-state index contributed by atoms with van der Waals surface area (Å²) >= 11 is 3.99. The maximum atomic E-state index is 14.0. The van der Waals surface area contributed by atoms with Crippen LogP contribution in [-0.4, -0.2) is 33.4 Å². The summed E-state index contributed by atoms with van der Waals surface area (Å²) in [4.78, 5) is 39.4. The Morgan fingerprint density at radius 1 is 1.08 bits per heavy atom. The number of thiophene rings is 1. The molecule has 0 aliphatic carbocycles. The Kier molecular flexibility index (Phi) is 6.30. The molecule has 4 heterocycles. The first-order chi connectivity index (χ1) is 18.5. The second kappa shape index (κ2) is 9.79. The van der Waals surface area contributed by atoms with E-state index in [0.717, 1.165) is 15.1 Å². The summed E-state index contributed by atoms with van der Waals surface area (Å²) in [7, 11) is 0. The Morgan fingerprint density at radius 3 is 2.63 bits per heavy atom. The van der Waals surface area contributed by atoms with E-state index in [4.69, 9.17) is 4.74 Å². The number of aromatic nitrogens is 2. The molecule has 0 bridgehead atoms. The Balaban J connectivity index is 1.43. The van der Waals surface area contributed by atoms with Gasteiger partial charge in [-0.3, -0.25) is 14.5 Å². The third kappa shape index (κ3) is 4.10. The van der Waals surface area contributed by atoms with E-state index in [9.17, 15) is 14.7 Å². The molecular weight excluding hydrogens is 539 g/mol. The lowest BCUT2D eigenvalue weighted by Gasteiger charge is -2.22. The molecule has 1 N–H and O–H groups in total. The van der Waals surface area contributed by atoms with E-state index in [1.165, 1.54) is 38.9 Å². The van der Waals surface area contributed by atoms with Crippen LogP contribution in [-0.2, 0) is 4.79 Å². The van der Waals surface area contributed by atoms with E-state index in [1.54, 1.807) is 6.92 Å². The summed E-state index contributed by atoms with van der Waals surface area (Å²) in [6, 6.07) is 18.1. The summed E-state index contributed by atoms with van der Waals surface area (Å²) in [6.07, 6.45) is 0. The third-order valence-electron chi connectivity index (χ3n) is 6.15. The number of ether oxygens (including phenoxy) is 1. The molecule has 7 nitrogen and oxygen atoms in total. The molecule has 1 unspecified atom stereocenters. The molecular formula is C28H21N3O4S3. The molecule has 38 heavy (non-hydrogen) atoms. The Hall–Kier alpha value is -3.86. The number of hydrogen-bond donors (Lipinski definition) is 1. The molecule has 2 aromatic carbocycles. The molecule has 0 fully saturated rings. The Bertz CT molecular complexity index is 1700. The van der Waals surface area contributed by atoms with Crippen LogP contribution in [0.25, 0.3) is 20.8 Å². The van der Waals surface area contributed by atoms with Crippen LogP contribution in [0, 0.1) is 6.92 Å². The lowest BCUT2D eigenvalue weighted by Crippen LogP contribution is -2.30. The number of fused-ring (bicyclic) bond motifs is 1. The predicted molar refractivity (Wildman–Crippen MR) is 152 cm³/mol. The van der Waals surface area contributed by atoms with Gasteiger partial charge in [0.15, 0.2) is 10.9 Å². The molecule has 3 aromatic heterocycles. The molecule has 0 radical (unpaired) electrons. The minimum atomic E-state index is -0.802. The fourth-order valence-corrected chi connectivity index (χ4v) is 7.31. The van der Waals surface area contributed by atoms with Gasteiger partial charge in [-0.15, -0.1) is 22.7 Å². The second-order valence-electron chi connectivity index (χ2n) is 8.54. The number of rotatable bonds is 7. The van der Waals surface area contributed by atoms with Crippen LogP contribution in [0.5, 0.6) is 5.75 Å². The van der Waals surface area contributed by atoms with E-state index in [-0.39, 0.29) is 5.57 Å². The number of ketones is 1. The van der Waals surface area contributed by atoms with Gasteiger partial charge in [0.2, 0.25) is 5.78 Å². The van der Waals surface area contributed by atoms with Gasteiger partial charge in [-0.1, -0.05) is 47.7 Å². The van der Waals surface area contributed by atoms with Gasteiger partial charge >= 0.3 is 0 Å². The van der Waals surface area contributed by atoms with Crippen LogP contribution in [0.4, 0.5) is 5.13 Å². The fourth-order valence-electron chi connectivity index (χ4n) is 4.44. The molecule has 1 aliphatic heterocycles. The van der Waals surface area contributed by atoms with Crippen molar-refractivity contribution in [2.75, 3.05) is 11.5 Å². The molecule has 1 atom stereocenters. The highest BCUT2D eigenvalue weighted by Crippen LogP contribution is 2.46. The van der Waals surface area contributed by atoms with Gasteiger partial charge in [0.05, 0.1) is 33.0 Å². The lowest BCUT2D eigenvalue weighted by molar-refractivity contribution is -0.117. The number of nitrogens with zero attached hydrogens (tertiary/aromatic N) is 3. The van der Waals surface area contributed by atoms with Crippen LogP contribution in [0.15, 0.2) is 77.4 Å². The van der Waals surface area contributed by atoms with Crippen molar-refractivity contribution in [3.05, 3.63) is 92.8 Å². The summed E-state index contributed by atoms with van der Waals surface area (Å²) in [6.45, 7) is 4.22. The molecule has 0 saturated heterocycles. The summed E-state index contributed by atoms with van der Waals surface area (Å²) in [5, 5.41) is 14.1. The van der Waals surface area contributed by atoms with Crippen molar-refractivity contribution in [1.82, 2.24) is 9.97 Å². The maximum Gasteiger partial charge on any atom is 0.296 e. The van der Waals surface area contributed by atoms with E-state index < -0.39 is 23.5 Å². The molecule has 5 aromatic rings. The average Bonchev–Trinajstić information content (AvgIpc) is 3.71. The normalized spacial score (nSPS) is 15.6. The maximum absolute atomic E-state index is 14.0. The number of aliphatic hydroxyl groups is 1. The van der Waals surface area contributed by atoms with Gasteiger partial charge in [-0.05, 0) is 43.5 Å². The van der Waals surface area contributed by atoms with Gasteiger partial charge in [0.25, 0.3) is 5.91 Å². The van der Waals surface area contributed by atoms with E-state index in [1.807, 2.05) is 73.0 Å². The number of amides is 1. The van der Waals surface area contributed by atoms with Crippen LogP contribution >= 0.6 is 34.0 Å². The first kappa shape index (κ1) is 24.5. The number of aryl methyl sites for hydroxylation is 1. The van der Waals surface area contributed by atoms with E-state index in [2.05, 4.69) is 9.97 Å². The number of benzene rings is 2. The molecule has 0 spiro atoms. The van der Waals surface area contributed by atoms with Crippen molar-refractivity contribution < 1.29 is 19.4 Å². The Labute approximate surface area is 230 Å². The van der Waals surface area contributed by atoms with Gasteiger partial charge in [-0.25, -0.2) is 9.97 Å². The highest BCUT2D eigenvalue weighted by Gasteiger charge is 2.47. The highest BCUT2D eigenvalue weighted by molar-refractivity contribution is 7.22. The van der Waals surface area contributed by atoms with Crippen molar-refractivity contribution >= 4 is 61.0 Å². The van der Waals surface area contributed by atoms with Crippen LogP contribution in [0.2, 0.25) is 0 Å². The number of carbonyl (C=O) groups excluding carboxylic acids is 2. The SMILES string of the molecule is CCOc1ccc2nc(N3C(=O)C(O)=C(C(=O)c4sc(-c5ccccc5)nc4C)C3c3cccs3)sc2c1. The minimum Gasteiger partial charge on any atom is -0.503 e. The molecule has 1 amide bonds. The lowest BCUT2D eigenvalue weighted by atomic mass is 10.0. The molecule has 6 rings (SSSR count). The van der Waals surface area contributed by atoms with Gasteiger partial charge in [0, 0.05) is 10.4 Å². The number of thiazole rings is 2. The van der Waals surface area contributed by atoms with E-state index in [0.29, 0.717) is 38.6 Å². The number of Topliss-reactive ketones (excluding diaryl/α,β-unsaturated/α-hetero) is 1. The Morgan fingerprint density at radius 2 is 1.89 bits per heavy atom. The first-order valence-electron chi connectivity index (χ1n) is 11.9. The summed E-state index contributed by atoms with van der Waals surface area (Å²) in [5.74, 6) is -0.906. The summed E-state index contributed by atoms with van der Waals surface area (Å²) < 4.78 is 6.45. The van der Waals surface area contributed by atoms with Gasteiger partial charge in [-0.2, -0.15) is 0 Å². The number of aliphatic hydroxyl groups excluding tert-OH is 1. The van der Waals surface area contributed by atoms with Crippen molar-refractivity contribution in [2.24, 2.45) is 0 Å². The molecule has 10 heteroatoms. The second-order valence-corrected chi connectivity index (χ2v) is 11.5. The number of anilines is 1. The zero-order valence-corrected chi connectivity index (χ0v) is 22.8. The molecule has 1 aliphatic rings. The standard InChI is InChI=1S/C28H21N3O4S3/c1-3-35-17-11-12-18-20(14-17)37-28(30-18)31-22(19-10-7-13-36-19)21(24(33)27(31)34)23(32)25-15(2)29-26(38-25)16-8-5-4-6-9-16/h4-14,22,33H,3H2,1-2H3. The average molecular weight is 560 g/mol. The topological polar surface area (TPSA) is 92.6 Å². The van der Waals surface area contributed by atoms with Crippen molar-refractivity contribution in [1.29, 1.82) is 0 Å². The monoisotopic (exact) mass is 559 g/mol. The smallest absolute Gasteiger partial charge is 0.296 e. The minimum absolute atomic E-state index is 0.0399. The van der Waals surface area contributed by atoms with Gasteiger partial charge < -0.3 is 9.84 Å². The molecule has 190 valence electrons. The third-order valence-corrected chi connectivity index (χ3v) is 9.30. The number of carbonyl (C=O) groups is 2. The zero-order chi connectivity index (χ0) is 26.4. The predicted octanol–water partition coefficient (Wildman–Crippen LogP) is 6.97. The number of hydrogen-bond acceptors (Lipinski definition) is 9. The quantitative estimate of drug-likeness (QED) is 0.217. The van der Waals surface area contributed by atoms with E-state index >= 15 is 0 Å².